The monoisotopic (exact) mass is 1610 g/mol. The van der Waals surface area contributed by atoms with Crippen molar-refractivity contribution in [2.24, 2.45) is 0 Å². The highest BCUT2D eigenvalue weighted by Crippen LogP contribution is 2.42. The molecule has 0 spiro atoms. The minimum absolute atomic E-state index is 0.561. The molecule has 0 N–H and O–H groups in total. The molecule has 0 atom stereocenters. The van der Waals surface area contributed by atoms with Gasteiger partial charge in [-0.25, -0.2) is 44.9 Å². The Labute approximate surface area is 720 Å². The van der Waals surface area contributed by atoms with E-state index in [4.69, 9.17) is 44.9 Å². The molecule has 0 saturated heterocycles. The zero-order chi connectivity index (χ0) is 82.9. The van der Waals surface area contributed by atoms with Gasteiger partial charge in [-0.05, 0) is 164 Å². The molecule has 0 aliphatic rings. The van der Waals surface area contributed by atoms with Crippen molar-refractivity contribution in [3.63, 3.8) is 0 Å². The average molecular weight is 1610 g/mol. The molecule has 0 unspecified atom stereocenters. The van der Waals surface area contributed by atoms with Crippen LogP contribution in [-0.4, -0.2) is 72.3 Å². The molecular weight excluding hydrogens is 1540 g/mol. The number of para-hydroxylation sites is 12. The van der Waals surface area contributed by atoms with Gasteiger partial charge < -0.3 is 27.4 Å². The molecule has 26 aromatic rings. The molecule has 15 heteroatoms. The topological polar surface area (TPSA) is 146 Å². The zero-order valence-corrected chi connectivity index (χ0v) is 67.5. The van der Waals surface area contributed by atoms with Crippen molar-refractivity contribution in [1.82, 2.24) is 72.3 Å². The van der Waals surface area contributed by atoms with Crippen LogP contribution >= 0.6 is 0 Å². The number of nitrogens with zero attached hydrogens (tertiary/aromatic N) is 15. The second kappa shape index (κ2) is 29.2. The first-order valence-corrected chi connectivity index (χ1v) is 42.1. The Morgan fingerprint density at radius 1 is 0.127 bits per heavy atom. The maximum atomic E-state index is 5.17. The Hall–Kier alpha value is -17.4. The van der Waals surface area contributed by atoms with Crippen molar-refractivity contribution >= 4 is 131 Å². The third-order valence-electron chi connectivity index (χ3n) is 24.7. The van der Waals surface area contributed by atoms with E-state index in [9.17, 15) is 0 Å². The molecule has 126 heavy (non-hydrogen) atoms. The van der Waals surface area contributed by atoms with Gasteiger partial charge in [0.25, 0.3) is 0 Å². The maximum Gasteiger partial charge on any atom is 0.164 e. The third kappa shape index (κ3) is 11.7. The quantitative estimate of drug-likeness (QED) is 0.117. The van der Waals surface area contributed by atoms with Gasteiger partial charge in [-0.3, -0.25) is 0 Å². The first-order chi connectivity index (χ1) is 62.5. The summed E-state index contributed by atoms with van der Waals surface area (Å²) in [6.07, 6.45) is 11.3. The van der Waals surface area contributed by atoms with E-state index in [0.717, 1.165) is 101 Å². The molecule has 16 aromatic carbocycles. The first-order valence-electron chi connectivity index (χ1n) is 42.1. The number of benzene rings is 16. The molecule has 0 radical (unpaired) electrons. The Balaban J connectivity index is 0.000000137. The lowest BCUT2D eigenvalue weighted by Gasteiger charge is -2.12. The van der Waals surface area contributed by atoms with Crippen LogP contribution in [-0.2, 0) is 0 Å². The smallest absolute Gasteiger partial charge is 0.164 e. The fourth-order valence-corrected chi connectivity index (χ4v) is 19.0. The summed E-state index contributed by atoms with van der Waals surface area (Å²) < 4.78 is 13.6. The fraction of sp³-hybridized carbons (Fsp3) is 0. The zero-order valence-electron chi connectivity index (χ0n) is 67.5. The summed E-state index contributed by atoms with van der Waals surface area (Å²) in [6, 6.07) is 134. The van der Waals surface area contributed by atoms with E-state index in [1.165, 1.54) is 97.7 Å². The van der Waals surface area contributed by atoms with Crippen molar-refractivity contribution < 1.29 is 0 Å². The molecule has 0 saturated carbocycles. The summed E-state index contributed by atoms with van der Waals surface area (Å²) in [5.74, 6) is 3.52. The lowest BCUT2D eigenvalue weighted by Crippen LogP contribution is -2.01. The van der Waals surface area contributed by atoms with Gasteiger partial charge in [0.2, 0.25) is 0 Å². The maximum absolute atomic E-state index is 5.17. The lowest BCUT2D eigenvalue weighted by molar-refractivity contribution is 1.07. The molecule has 15 nitrogen and oxygen atoms in total. The number of fused-ring (bicyclic) bond motifs is 18. The van der Waals surface area contributed by atoms with Gasteiger partial charge >= 0.3 is 0 Å². The Bertz CT molecular complexity index is 7150. The van der Waals surface area contributed by atoms with Crippen LogP contribution in [0.4, 0.5) is 0 Å². The van der Waals surface area contributed by atoms with E-state index in [0.29, 0.717) is 34.9 Å². The minimum Gasteiger partial charge on any atom is -0.309 e. The largest absolute Gasteiger partial charge is 0.309 e. The summed E-state index contributed by atoms with van der Waals surface area (Å²) in [7, 11) is 0. The van der Waals surface area contributed by atoms with Gasteiger partial charge in [0.1, 0.15) is 0 Å². The highest BCUT2D eigenvalue weighted by molar-refractivity contribution is 6.14. The molecule has 0 bridgehead atoms. The Morgan fingerprint density at radius 3 is 0.429 bits per heavy atom. The van der Waals surface area contributed by atoms with Gasteiger partial charge in [0.15, 0.2) is 34.9 Å². The van der Waals surface area contributed by atoms with E-state index < -0.39 is 0 Å². The van der Waals surface area contributed by atoms with Gasteiger partial charge in [0.05, 0.1) is 120 Å². The summed E-state index contributed by atoms with van der Waals surface area (Å²) in [4.78, 5) is 45.4. The highest BCUT2D eigenvalue weighted by atomic mass is 15.1. The van der Waals surface area contributed by atoms with E-state index in [1.54, 1.807) is 0 Å². The van der Waals surface area contributed by atoms with Crippen LogP contribution < -0.4 is 0 Å². The number of hydrogen-bond donors (Lipinski definition) is 0. The number of aromatic nitrogens is 15. The average Bonchev–Trinajstić information content (AvgIpc) is 1.62. The van der Waals surface area contributed by atoms with Crippen molar-refractivity contribution in [3.8, 4) is 102 Å². The molecule has 0 amide bonds. The van der Waals surface area contributed by atoms with Gasteiger partial charge in [-0.15, -0.1) is 0 Å². The predicted octanol–water partition coefficient (Wildman–Crippen LogP) is 26.5. The van der Waals surface area contributed by atoms with E-state index in [2.05, 4.69) is 391 Å². The van der Waals surface area contributed by atoms with Crippen LogP contribution in [0.3, 0.4) is 0 Å². The van der Waals surface area contributed by atoms with Crippen LogP contribution in [0.25, 0.3) is 233 Å². The summed E-state index contributed by atoms with van der Waals surface area (Å²) in [6.45, 7) is 0. The molecule has 0 fully saturated rings. The highest BCUT2D eigenvalue weighted by Gasteiger charge is 2.23. The minimum atomic E-state index is 0.561. The molecule has 10 heterocycles. The molecule has 0 aliphatic carbocycles. The molecule has 26 rings (SSSR count). The molecule has 10 aromatic heterocycles. The number of hydrogen-bond acceptors (Lipinski definition) is 9. The Morgan fingerprint density at radius 2 is 0.270 bits per heavy atom. The van der Waals surface area contributed by atoms with Crippen molar-refractivity contribution in [3.05, 3.63) is 419 Å². The van der Waals surface area contributed by atoms with Crippen molar-refractivity contribution in [2.75, 3.05) is 0 Å². The second-order valence-corrected chi connectivity index (χ2v) is 31.8. The molecule has 588 valence electrons. The fourth-order valence-electron chi connectivity index (χ4n) is 19.0. The van der Waals surface area contributed by atoms with Crippen molar-refractivity contribution in [2.45, 2.75) is 0 Å². The SMILES string of the molecule is c1ccc2c(c1)c1ccccc1n2-c1ccc(-c2nc(-c3ccc(-n4c5ccccc5c5ccccc54)cc3)nc(-c3ccc(-n4c5ccccc5c5ccccc54)cc3)n2)cc1.c1ccc2c(c1)c1ccccc1n2-c1cnc(-c2cc(-c3ncc(-n4c5ccccc5c5ccccc54)cn3)cc(-c3ncc(-n4c5ccccc5c5ccccc54)cn3)c2)nc1. The lowest BCUT2D eigenvalue weighted by atomic mass is 10.0. The van der Waals surface area contributed by atoms with Crippen LogP contribution in [0, 0.1) is 0 Å². The first kappa shape index (κ1) is 71.5. The predicted molar refractivity (Wildman–Crippen MR) is 512 cm³/mol. The van der Waals surface area contributed by atoms with E-state index in [-0.39, 0.29) is 0 Å². The van der Waals surface area contributed by atoms with Crippen LogP contribution in [0.15, 0.2) is 419 Å². The van der Waals surface area contributed by atoms with Crippen molar-refractivity contribution in [1.29, 1.82) is 0 Å². The van der Waals surface area contributed by atoms with E-state index in [1.807, 2.05) is 55.4 Å². The van der Waals surface area contributed by atoms with Gasteiger partial charge in [-0.1, -0.05) is 218 Å². The third-order valence-corrected chi connectivity index (χ3v) is 24.7. The second-order valence-electron chi connectivity index (χ2n) is 31.8. The summed E-state index contributed by atoms with van der Waals surface area (Å²) in [5.41, 5.74) is 24.6. The van der Waals surface area contributed by atoms with E-state index >= 15 is 0 Å². The van der Waals surface area contributed by atoms with Crippen LogP contribution in [0.1, 0.15) is 0 Å². The normalized spacial score (nSPS) is 11.8. The van der Waals surface area contributed by atoms with Gasteiger partial charge in [-0.2, -0.15) is 0 Å². The number of rotatable bonds is 12. The standard InChI is InChI=1S/C57H36N6.C54H33N9/c1-7-19-49-43(13-1)44-14-2-8-20-50(44)61(49)40-31-25-37(26-32-40)55-58-56(38-27-33-41(34-28-38)62-51-21-9-3-15-45(51)46-16-4-10-22-52(46)62)60-57(59-55)39-29-35-42(36-30-39)63-53-23-11-5-17-47(53)48-18-6-12-24-54(48)63;1-7-19-46-40(13-1)41-14-2-8-20-47(41)61(46)37-28-55-52(56-29-37)34-25-35(53-57-30-38(31-58-53)62-48-21-9-3-15-42(48)43-16-4-10-22-49(43)62)27-36(26-34)54-59-32-39(33-60-54)63-50-23-11-5-17-44(50)45-18-6-12-24-51(45)63/h1-36H;1-33H. The molecular formula is C111H69N15. The van der Waals surface area contributed by atoms with Crippen LogP contribution in [0.5, 0.6) is 0 Å². The Kier molecular flexibility index (Phi) is 16.6. The summed E-state index contributed by atoms with van der Waals surface area (Å²) in [5, 5.41) is 14.5. The van der Waals surface area contributed by atoms with Gasteiger partial charge in [0, 0.05) is 115 Å². The molecule has 0 aliphatic heterocycles. The van der Waals surface area contributed by atoms with Crippen LogP contribution in [0.2, 0.25) is 0 Å². The summed E-state index contributed by atoms with van der Waals surface area (Å²) >= 11 is 0.